The van der Waals surface area contributed by atoms with Gasteiger partial charge in [0.2, 0.25) is 0 Å². The Morgan fingerprint density at radius 1 is 1.00 bits per heavy atom. The molecule has 0 saturated heterocycles. The molecular formula is C22H31ClO2. The molecule has 0 aromatic heterocycles. The van der Waals surface area contributed by atoms with Crippen LogP contribution in [-0.2, 0) is 4.79 Å². The van der Waals surface area contributed by atoms with Crippen LogP contribution in [0.15, 0.2) is 0 Å². The van der Waals surface area contributed by atoms with Crippen LogP contribution < -0.4 is 0 Å². The van der Waals surface area contributed by atoms with Gasteiger partial charge in [0, 0.05) is 30.1 Å². The van der Waals surface area contributed by atoms with Crippen LogP contribution in [0.25, 0.3) is 0 Å². The van der Waals surface area contributed by atoms with Gasteiger partial charge in [-0.3, -0.25) is 0 Å². The zero-order valence-corrected chi connectivity index (χ0v) is 16.0. The van der Waals surface area contributed by atoms with E-state index in [1.54, 1.807) is 0 Å². The van der Waals surface area contributed by atoms with E-state index >= 15 is 0 Å². The minimum Gasteiger partial charge on any atom is -0.472 e. The van der Waals surface area contributed by atoms with E-state index in [4.69, 9.17) is 16.7 Å². The number of rotatable bonds is 5. The van der Waals surface area contributed by atoms with E-state index in [0.717, 1.165) is 38.0 Å². The molecule has 2 unspecified atom stereocenters. The fourth-order valence-electron chi connectivity index (χ4n) is 4.23. The summed E-state index contributed by atoms with van der Waals surface area (Å²) in [5.41, 5.74) is 0. The highest BCUT2D eigenvalue weighted by molar-refractivity contribution is 6.20. The molecule has 2 rings (SSSR count). The number of carboxylic acids is 1. The number of halogens is 1. The van der Waals surface area contributed by atoms with E-state index in [1.165, 1.54) is 44.9 Å². The molecule has 25 heavy (non-hydrogen) atoms. The minimum absolute atomic E-state index is 0.243. The molecule has 2 saturated carbocycles. The lowest BCUT2D eigenvalue weighted by Gasteiger charge is -2.32. The smallest absolute Gasteiger partial charge is 0.381 e. The fraction of sp³-hybridized carbons (Fsp3) is 0.773. The van der Waals surface area contributed by atoms with Gasteiger partial charge in [-0.1, -0.05) is 43.9 Å². The van der Waals surface area contributed by atoms with Crippen LogP contribution in [0, 0.1) is 41.4 Å². The average molecular weight is 363 g/mol. The zero-order valence-electron chi connectivity index (χ0n) is 15.2. The van der Waals surface area contributed by atoms with Crippen molar-refractivity contribution in [2.75, 3.05) is 0 Å². The molecule has 2 aliphatic rings. The Kier molecular flexibility index (Phi) is 9.28. The highest BCUT2D eigenvalue weighted by Gasteiger charge is 2.30. The molecule has 0 aromatic rings. The topological polar surface area (TPSA) is 37.3 Å². The van der Waals surface area contributed by atoms with Crippen molar-refractivity contribution in [1.82, 2.24) is 0 Å². The van der Waals surface area contributed by atoms with Crippen molar-refractivity contribution in [3.63, 3.8) is 0 Å². The van der Waals surface area contributed by atoms with Gasteiger partial charge in [0.15, 0.2) is 0 Å². The van der Waals surface area contributed by atoms with Crippen molar-refractivity contribution in [1.29, 1.82) is 0 Å². The average Bonchev–Trinajstić information content (AvgIpc) is 2.60. The largest absolute Gasteiger partial charge is 0.472 e. The molecule has 0 aliphatic heterocycles. The summed E-state index contributed by atoms with van der Waals surface area (Å²) in [5.74, 6) is 12.7. The van der Waals surface area contributed by atoms with Crippen molar-refractivity contribution < 1.29 is 9.90 Å². The standard InChI is InChI=1S/C22H31ClO2/c23-21-16-9-14-19(13-8-12-18-10-4-3-5-11-18)20(21)15-6-1-2-7-17-22(24)25/h18-21H,1-6,9-12,14-16H2,(H,24,25)/t19?,20-,21?/m1/s1. The normalized spacial score (nSPS) is 26.8. The van der Waals surface area contributed by atoms with Gasteiger partial charge >= 0.3 is 5.97 Å². The molecule has 2 nitrogen and oxygen atoms in total. The number of aliphatic carboxylic acids is 1. The molecule has 0 aromatic carbocycles. The molecule has 0 amide bonds. The van der Waals surface area contributed by atoms with E-state index in [1.807, 2.05) is 0 Å². The van der Waals surface area contributed by atoms with E-state index < -0.39 is 5.97 Å². The maximum atomic E-state index is 10.4. The summed E-state index contributed by atoms with van der Waals surface area (Å²) in [7, 11) is 0. The first-order valence-corrected chi connectivity index (χ1v) is 10.4. The summed E-state index contributed by atoms with van der Waals surface area (Å²) in [4.78, 5) is 10.4. The van der Waals surface area contributed by atoms with Crippen LogP contribution in [0.3, 0.4) is 0 Å². The number of hydrogen-bond acceptors (Lipinski definition) is 1. The molecule has 0 spiro atoms. The van der Waals surface area contributed by atoms with Gasteiger partial charge in [0.05, 0.1) is 0 Å². The summed E-state index contributed by atoms with van der Waals surface area (Å²) in [5, 5.41) is 8.76. The van der Waals surface area contributed by atoms with Crippen molar-refractivity contribution in [2.45, 2.75) is 88.8 Å². The first-order chi connectivity index (χ1) is 12.2. The fourth-order valence-corrected chi connectivity index (χ4v) is 4.69. The molecule has 138 valence electrons. The van der Waals surface area contributed by atoms with Crippen LogP contribution in [0.5, 0.6) is 0 Å². The van der Waals surface area contributed by atoms with E-state index in [9.17, 15) is 4.79 Å². The molecule has 3 heteroatoms. The van der Waals surface area contributed by atoms with E-state index in [2.05, 4.69) is 23.7 Å². The van der Waals surface area contributed by atoms with E-state index in [0.29, 0.717) is 18.3 Å². The molecule has 3 atom stereocenters. The lowest BCUT2D eigenvalue weighted by Crippen LogP contribution is -2.28. The van der Waals surface area contributed by atoms with Crippen LogP contribution in [0.2, 0.25) is 0 Å². The van der Waals surface area contributed by atoms with Crippen LogP contribution in [0.4, 0.5) is 0 Å². The van der Waals surface area contributed by atoms with Gasteiger partial charge in [0.1, 0.15) is 0 Å². The first kappa shape index (κ1) is 20.2. The summed E-state index contributed by atoms with van der Waals surface area (Å²) in [6, 6.07) is 0. The van der Waals surface area contributed by atoms with Gasteiger partial charge in [-0.2, -0.15) is 0 Å². The second-order valence-electron chi connectivity index (χ2n) is 7.60. The Hall–Kier alpha value is -1.12. The molecule has 2 aliphatic carbocycles. The van der Waals surface area contributed by atoms with E-state index in [-0.39, 0.29) is 5.38 Å². The Morgan fingerprint density at radius 2 is 1.80 bits per heavy atom. The molecule has 0 radical (unpaired) electrons. The van der Waals surface area contributed by atoms with Gasteiger partial charge < -0.3 is 5.11 Å². The third-order valence-electron chi connectivity index (χ3n) is 5.66. The highest BCUT2D eigenvalue weighted by Crippen LogP contribution is 2.37. The Bertz CT molecular complexity index is 528. The van der Waals surface area contributed by atoms with Gasteiger partial charge in [0.25, 0.3) is 0 Å². The van der Waals surface area contributed by atoms with Crippen molar-refractivity contribution in [2.24, 2.45) is 17.8 Å². The number of carboxylic acid groups (broad SMARTS) is 1. The molecule has 0 heterocycles. The second kappa shape index (κ2) is 11.5. The predicted molar refractivity (Wildman–Crippen MR) is 103 cm³/mol. The van der Waals surface area contributed by atoms with Gasteiger partial charge in [-0.25, -0.2) is 4.79 Å². The third-order valence-corrected chi connectivity index (χ3v) is 6.21. The lowest BCUT2D eigenvalue weighted by atomic mass is 9.76. The Labute approximate surface area is 158 Å². The van der Waals surface area contributed by atoms with Crippen LogP contribution >= 0.6 is 11.6 Å². The summed E-state index contributed by atoms with van der Waals surface area (Å²) in [6.45, 7) is 0. The summed E-state index contributed by atoms with van der Waals surface area (Å²) < 4.78 is 0. The van der Waals surface area contributed by atoms with Crippen molar-refractivity contribution in [3.05, 3.63) is 0 Å². The number of unbranched alkanes of at least 4 members (excludes halogenated alkanes) is 2. The van der Waals surface area contributed by atoms with Gasteiger partial charge in [-0.05, 0) is 50.4 Å². The number of carbonyl (C=O) groups is 1. The summed E-state index contributed by atoms with van der Waals surface area (Å²) >= 11 is 6.61. The predicted octanol–water partition coefficient (Wildman–Crippen LogP) is 5.63. The van der Waals surface area contributed by atoms with Crippen LogP contribution in [0.1, 0.15) is 83.5 Å². The van der Waals surface area contributed by atoms with Crippen LogP contribution in [-0.4, -0.2) is 16.5 Å². The monoisotopic (exact) mass is 362 g/mol. The van der Waals surface area contributed by atoms with Crippen molar-refractivity contribution >= 4 is 17.6 Å². The lowest BCUT2D eigenvalue weighted by molar-refractivity contribution is -0.130. The maximum Gasteiger partial charge on any atom is 0.381 e. The highest BCUT2D eigenvalue weighted by atomic mass is 35.5. The second-order valence-corrected chi connectivity index (χ2v) is 8.16. The Morgan fingerprint density at radius 3 is 2.56 bits per heavy atom. The molecule has 1 N–H and O–H groups in total. The SMILES string of the molecule is O=C(O)C#CCCCC[C@H]1C(Cl)CCCC1C#CCC1CCCCC1. The third kappa shape index (κ3) is 7.75. The minimum atomic E-state index is -1.04. The maximum absolute atomic E-state index is 10.4. The number of alkyl halides is 1. The first-order valence-electron chi connectivity index (χ1n) is 10.0. The Balaban J connectivity index is 1.77. The van der Waals surface area contributed by atoms with Crippen molar-refractivity contribution in [3.8, 4) is 23.7 Å². The molecule has 2 fully saturated rings. The molecule has 0 bridgehead atoms. The number of hydrogen-bond donors (Lipinski definition) is 1. The summed E-state index contributed by atoms with van der Waals surface area (Å²) in [6.07, 6.45) is 15.2. The quantitative estimate of drug-likeness (QED) is 0.391. The molecular weight excluding hydrogens is 332 g/mol. The zero-order chi connectivity index (χ0) is 17.9. The van der Waals surface area contributed by atoms with Gasteiger partial charge in [-0.15, -0.1) is 17.5 Å².